The summed E-state index contributed by atoms with van der Waals surface area (Å²) in [5.74, 6) is 1.09. The number of unbranched alkanes of at least 4 members (excludes halogenated alkanes) is 2. The van der Waals surface area contributed by atoms with E-state index in [-0.39, 0.29) is 5.92 Å². The lowest BCUT2D eigenvalue weighted by atomic mass is 9.68. The molecule has 3 rings (SSSR count). The van der Waals surface area contributed by atoms with Gasteiger partial charge >= 0.3 is 6.36 Å². The smallest absolute Gasteiger partial charge is 0.403 e. The van der Waals surface area contributed by atoms with E-state index in [9.17, 15) is 17.6 Å². The molecule has 0 aliphatic heterocycles. The summed E-state index contributed by atoms with van der Waals surface area (Å²) in [6.07, 6.45) is 10.3. The molecule has 0 amide bonds. The van der Waals surface area contributed by atoms with Crippen LogP contribution in [0.15, 0.2) is 18.2 Å². The lowest BCUT2D eigenvalue weighted by Gasteiger charge is -2.38. The average Bonchev–Trinajstić information content (AvgIpc) is 2.69. The van der Waals surface area contributed by atoms with E-state index in [1.807, 2.05) is 0 Å². The molecule has 2 aliphatic rings. The normalized spacial score (nSPS) is 28.3. The molecule has 1 nitrogen and oxygen atoms in total. The first-order chi connectivity index (χ1) is 13.9. The number of hydrogen-bond donors (Lipinski definition) is 0. The Morgan fingerprint density at radius 1 is 0.897 bits per heavy atom. The predicted molar refractivity (Wildman–Crippen MR) is 107 cm³/mol. The van der Waals surface area contributed by atoms with Gasteiger partial charge in [0, 0.05) is 0 Å². The minimum Gasteiger partial charge on any atom is -0.403 e. The fourth-order valence-corrected chi connectivity index (χ4v) is 5.53. The van der Waals surface area contributed by atoms with Gasteiger partial charge in [0.2, 0.25) is 0 Å². The van der Waals surface area contributed by atoms with Crippen LogP contribution in [-0.4, -0.2) is 6.36 Å². The molecule has 5 heteroatoms. The van der Waals surface area contributed by atoms with E-state index >= 15 is 0 Å². The molecular weight excluding hydrogens is 380 g/mol. The summed E-state index contributed by atoms with van der Waals surface area (Å²) in [5.41, 5.74) is 0.801. The minimum absolute atomic E-state index is 0.242. The highest BCUT2D eigenvalue weighted by molar-refractivity contribution is 5.31. The van der Waals surface area contributed by atoms with E-state index in [2.05, 4.69) is 11.7 Å². The Morgan fingerprint density at radius 3 is 2.07 bits per heavy atom. The van der Waals surface area contributed by atoms with Gasteiger partial charge in [0.1, 0.15) is 0 Å². The monoisotopic (exact) mass is 414 g/mol. The molecule has 0 aromatic heterocycles. The number of hydrogen-bond acceptors (Lipinski definition) is 1. The highest BCUT2D eigenvalue weighted by atomic mass is 19.4. The fourth-order valence-electron chi connectivity index (χ4n) is 5.53. The van der Waals surface area contributed by atoms with Gasteiger partial charge < -0.3 is 4.74 Å². The summed E-state index contributed by atoms with van der Waals surface area (Å²) in [6.45, 7) is 2.26. The van der Waals surface area contributed by atoms with Crippen molar-refractivity contribution in [2.45, 2.75) is 96.3 Å². The van der Waals surface area contributed by atoms with Crippen molar-refractivity contribution in [3.8, 4) is 5.75 Å². The van der Waals surface area contributed by atoms with Gasteiger partial charge in [-0.15, -0.1) is 13.2 Å². The molecular formula is C24H34F4O. The van der Waals surface area contributed by atoms with E-state index in [0.717, 1.165) is 55.1 Å². The second-order valence-electron chi connectivity index (χ2n) is 9.13. The minimum atomic E-state index is -4.87. The molecule has 0 atom stereocenters. The topological polar surface area (TPSA) is 9.23 Å². The van der Waals surface area contributed by atoms with Gasteiger partial charge in [-0.1, -0.05) is 51.5 Å². The van der Waals surface area contributed by atoms with Gasteiger partial charge in [-0.3, -0.25) is 0 Å². The standard InChI is InChI=1S/C24H34F4O/c1-2-3-4-5-17-6-8-18(9-7-17)19-10-12-20(13-11-19)21-14-15-23(22(25)16-21)29-24(26,27)28/h14-20H,2-13H2,1H3. The van der Waals surface area contributed by atoms with Gasteiger partial charge in [0.15, 0.2) is 11.6 Å². The predicted octanol–water partition coefficient (Wildman–Crippen LogP) is 8.38. The first-order valence-corrected chi connectivity index (χ1v) is 11.4. The van der Waals surface area contributed by atoms with Crippen molar-refractivity contribution in [2.75, 3.05) is 0 Å². The lowest BCUT2D eigenvalue weighted by Crippen LogP contribution is -2.25. The largest absolute Gasteiger partial charge is 0.573 e. The third-order valence-corrected chi connectivity index (χ3v) is 7.20. The first-order valence-electron chi connectivity index (χ1n) is 11.4. The first kappa shape index (κ1) is 22.4. The van der Waals surface area contributed by atoms with Crippen molar-refractivity contribution < 1.29 is 22.3 Å². The van der Waals surface area contributed by atoms with E-state index < -0.39 is 17.9 Å². The molecule has 2 saturated carbocycles. The molecule has 2 fully saturated rings. The molecule has 164 valence electrons. The SMILES string of the molecule is CCCCCC1CCC(C2CCC(c3ccc(OC(F)(F)F)c(F)c3)CC2)CC1. The zero-order chi connectivity index (χ0) is 20.9. The quantitative estimate of drug-likeness (QED) is 0.321. The van der Waals surface area contributed by atoms with Crippen molar-refractivity contribution in [3.05, 3.63) is 29.6 Å². The van der Waals surface area contributed by atoms with Crippen LogP contribution in [-0.2, 0) is 0 Å². The molecule has 0 unspecified atom stereocenters. The van der Waals surface area contributed by atoms with Crippen molar-refractivity contribution in [1.29, 1.82) is 0 Å². The highest BCUT2D eigenvalue weighted by Gasteiger charge is 2.34. The van der Waals surface area contributed by atoms with Crippen LogP contribution < -0.4 is 4.74 Å². The maximum Gasteiger partial charge on any atom is 0.573 e. The Bertz CT molecular complexity index is 626. The molecule has 0 radical (unpaired) electrons. The number of alkyl halides is 3. The molecule has 0 heterocycles. The van der Waals surface area contributed by atoms with E-state index in [0.29, 0.717) is 0 Å². The summed E-state index contributed by atoms with van der Waals surface area (Å²) in [6, 6.07) is 3.94. The third kappa shape index (κ3) is 6.62. The average molecular weight is 415 g/mol. The van der Waals surface area contributed by atoms with Crippen LogP contribution >= 0.6 is 0 Å². The second kappa shape index (κ2) is 10.2. The van der Waals surface area contributed by atoms with Crippen molar-refractivity contribution in [2.24, 2.45) is 17.8 Å². The van der Waals surface area contributed by atoms with Crippen LogP contribution in [0.4, 0.5) is 17.6 Å². The number of benzene rings is 1. The highest BCUT2D eigenvalue weighted by Crippen LogP contribution is 2.45. The van der Waals surface area contributed by atoms with Crippen LogP contribution in [0.1, 0.15) is 95.5 Å². The van der Waals surface area contributed by atoms with Gasteiger partial charge in [0.05, 0.1) is 0 Å². The lowest BCUT2D eigenvalue weighted by molar-refractivity contribution is -0.275. The number of ether oxygens (including phenoxy) is 1. The van der Waals surface area contributed by atoms with Gasteiger partial charge in [-0.25, -0.2) is 4.39 Å². The fraction of sp³-hybridized carbons (Fsp3) is 0.750. The zero-order valence-corrected chi connectivity index (χ0v) is 17.4. The Labute approximate surface area is 172 Å². The number of rotatable bonds is 7. The van der Waals surface area contributed by atoms with E-state index in [1.54, 1.807) is 6.07 Å². The zero-order valence-electron chi connectivity index (χ0n) is 17.4. The van der Waals surface area contributed by atoms with Gasteiger partial charge in [-0.05, 0) is 79.9 Å². The molecule has 29 heavy (non-hydrogen) atoms. The number of halogens is 4. The van der Waals surface area contributed by atoms with Crippen LogP contribution in [0.3, 0.4) is 0 Å². The van der Waals surface area contributed by atoms with E-state index in [1.165, 1.54) is 57.4 Å². The Hall–Kier alpha value is -1.26. The Morgan fingerprint density at radius 2 is 1.52 bits per heavy atom. The third-order valence-electron chi connectivity index (χ3n) is 7.20. The molecule has 2 aliphatic carbocycles. The summed E-state index contributed by atoms with van der Waals surface area (Å²) >= 11 is 0. The van der Waals surface area contributed by atoms with Crippen LogP contribution in [0.25, 0.3) is 0 Å². The van der Waals surface area contributed by atoms with E-state index in [4.69, 9.17) is 0 Å². The second-order valence-corrected chi connectivity index (χ2v) is 9.13. The maximum atomic E-state index is 14.0. The molecule has 0 spiro atoms. The maximum absolute atomic E-state index is 14.0. The van der Waals surface area contributed by atoms with Crippen molar-refractivity contribution >= 4 is 0 Å². The molecule has 0 saturated heterocycles. The Kier molecular flexibility index (Phi) is 7.86. The molecule has 1 aromatic carbocycles. The summed E-state index contributed by atoms with van der Waals surface area (Å²) in [5, 5.41) is 0. The van der Waals surface area contributed by atoms with Gasteiger partial charge in [0.25, 0.3) is 0 Å². The molecule has 0 bridgehead atoms. The summed E-state index contributed by atoms with van der Waals surface area (Å²) < 4.78 is 54.7. The van der Waals surface area contributed by atoms with Crippen LogP contribution in [0.5, 0.6) is 5.75 Å². The summed E-state index contributed by atoms with van der Waals surface area (Å²) in [4.78, 5) is 0. The van der Waals surface area contributed by atoms with Crippen LogP contribution in [0.2, 0.25) is 0 Å². The molecule has 0 N–H and O–H groups in total. The summed E-state index contributed by atoms with van der Waals surface area (Å²) in [7, 11) is 0. The Balaban J connectivity index is 1.45. The van der Waals surface area contributed by atoms with Crippen molar-refractivity contribution in [1.82, 2.24) is 0 Å². The van der Waals surface area contributed by atoms with Crippen LogP contribution in [0, 0.1) is 23.6 Å². The molecule has 1 aromatic rings. The van der Waals surface area contributed by atoms with Crippen molar-refractivity contribution in [3.63, 3.8) is 0 Å². The van der Waals surface area contributed by atoms with Gasteiger partial charge in [-0.2, -0.15) is 0 Å².